The predicted octanol–water partition coefficient (Wildman–Crippen LogP) is 3.90. The lowest BCUT2D eigenvalue weighted by Crippen LogP contribution is -2.03. The second kappa shape index (κ2) is 6.37. The average molecular weight is 312 g/mol. The van der Waals surface area contributed by atoms with E-state index < -0.39 is 0 Å². The molecule has 2 heterocycles. The highest BCUT2D eigenvalue weighted by molar-refractivity contribution is 6.34. The Morgan fingerprint density at radius 3 is 2.25 bits per heavy atom. The molecule has 0 aliphatic heterocycles. The summed E-state index contributed by atoms with van der Waals surface area (Å²) in [6.45, 7) is 4.01. The van der Waals surface area contributed by atoms with Crippen molar-refractivity contribution in [1.82, 2.24) is 15.0 Å². The molecule has 0 aromatic carbocycles. The molecule has 20 heavy (non-hydrogen) atoms. The number of rotatable bonds is 4. The summed E-state index contributed by atoms with van der Waals surface area (Å²) in [6.07, 6.45) is 2.25. The summed E-state index contributed by atoms with van der Waals surface area (Å²) < 4.78 is 5.02. The van der Waals surface area contributed by atoms with Crippen LogP contribution in [0.15, 0.2) is 18.3 Å². The zero-order valence-corrected chi connectivity index (χ0v) is 13.0. The number of pyridine rings is 1. The van der Waals surface area contributed by atoms with Gasteiger partial charge in [-0.1, -0.05) is 43.1 Å². The van der Waals surface area contributed by atoms with Gasteiger partial charge < -0.3 is 4.74 Å². The first-order valence-electron chi connectivity index (χ1n) is 6.22. The summed E-state index contributed by atoms with van der Waals surface area (Å²) in [4.78, 5) is 12.7. The Morgan fingerprint density at radius 1 is 1.15 bits per heavy atom. The maximum atomic E-state index is 6.17. The van der Waals surface area contributed by atoms with Gasteiger partial charge in [-0.15, -0.1) is 0 Å². The van der Waals surface area contributed by atoms with Gasteiger partial charge in [-0.3, -0.25) is 0 Å². The summed E-state index contributed by atoms with van der Waals surface area (Å²) in [7, 11) is 1.58. The van der Waals surface area contributed by atoms with E-state index in [1.807, 2.05) is 19.9 Å². The van der Waals surface area contributed by atoms with E-state index in [1.165, 1.54) is 0 Å². The van der Waals surface area contributed by atoms with E-state index in [0.717, 1.165) is 11.1 Å². The van der Waals surface area contributed by atoms with Crippen molar-refractivity contribution >= 4 is 23.2 Å². The smallest absolute Gasteiger partial charge is 0.212 e. The number of ether oxygens (including phenoxy) is 1. The van der Waals surface area contributed by atoms with Crippen molar-refractivity contribution in [3.8, 4) is 5.88 Å². The van der Waals surface area contributed by atoms with Crippen LogP contribution in [0, 0.1) is 0 Å². The summed E-state index contributed by atoms with van der Waals surface area (Å²) in [6, 6.07) is 3.70. The Balaban J connectivity index is 2.25. The predicted molar refractivity (Wildman–Crippen MR) is 79.7 cm³/mol. The molecule has 0 atom stereocenters. The minimum atomic E-state index is 0.187. The second-order valence-electron chi connectivity index (χ2n) is 4.68. The van der Waals surface area contributed by atoms with Gasteiger partial charge in [0.15, 0.2) is 0 Å². The van der Waals surface area contributed by atoms with Gasteiger partial charge in [-0.05, 0) is 11.5 Å². The zero-order valence-electron chi connectivity index (χ0n) is 11.5. The van der Waals surface area contributed by atoms with Crippen LogP contribution < -0.4 is 4.74 Å². The van der Waals surface area contributed by atoms with Crippen LogP contribution in [0.5, 0.6) is 5.88 Å². The van der Waals surface area contributed by atoms with Crippen molar-refractivity contribution in [2.75, 3.05) is 7.11 Å². The molecule has 0 spiro atoms. The van der Waals surface area contributed by atoms with Gasteiger partial charge in [0.05, 0.1) is 7.11 Å². The number of hydrogen-bond donors (Lipinski definition) is 0. The molecule has 0 bridgehead atoms. The number of hydrogen-bond acceptors (Lipinski definition) is 4. The van der Waals surface area contributed by atoms with E-state index in [2.05, 4.69) is 15.0 Å². The van der Waals surface area contributed by atoms with Crippen molar-refractivity contribution in [1.29, 1.82) is 0 Å². The fraction of sp³-hybridized carbons (Fsp3) is 0.357. The molecule has 6 heteroatoms. The van der Waals surface area contributed by atoms with Crippen molar-refractivity contribution in [2.45, 2.75) is 26.2 Å². The van der Waals surface area contributed by atoms with Crippen molar-refractivity contribution in [2.24, 2.45) is 0 Å². The highest BCUT2D eigenvalue weighted by Gasteiger charge is 2.14. The van der Waals surface area contributed by atoms with E-state index in [0.29, 0.717) is 28.4 Å². The molecule has 0 amide bonds. The lowest BCUT2D eigenvalue weighted by atomic mass is 10.1. The molecule has 0 fully saturated rings. The number of nitrogens with zero attached hydrogens (tertiary/aromatic N) is 3. The molecule has 0 radical (unpaired) electrons. The lowest BCUT2D eigenvalue weighted by Gasteiger charge is -2.11. The minimum Gasteiger partial charge on any atom is -0.481 e. The van der Waals surface area contributed by atoms with Crippen LogP contribution >= 0.6 is 23.2 Å². The first-order chi connectivity index (χ1) is 9.51. The maximum absolute atomic E-state index is 6.17. The summed E-state index contributed by atoms with van der Waals surface area (Å²) >= 11 is 12.3. The number of halogens is 2. The molecule has 106 valence electrons. The van der Waals surface area contributed by atoms with Crippen LogP contribution in [0.1, 0.15) is 36.7 Å². The standard InChI is InChI=1S/C14H15Cl2N3O/c1-8(2)12-13(15)18-10(19-14(12)16)6-9-4-5-11(20-3)17-7-9/h4-5,7-8H,6H2,1-3H3. The van der Waals surface area contributed by atoms with Gasteiger partial charge in [0.2, 0.25) is 5.88 Å². The highest BCUT2D eigenvalue weighted by Crippen LogP contribution is 2.29. The largest absolute Gasteiger partial charge is 0.481 e. The quantitative estimate of drug-likeness (QED) is 0.803. The van der Waals surface area contributed by atoms with Crippen molar-refractivity contribution < 1.29 is 4.74 Å². The third kappa shape index (κ3) is 3.38. The van der Waals surface area contributed by atoms with Gasteiger partial charge in [-0.2, -0.15) is 0 Å². The fourth-order valence-corrected chi connectivity index (χ4v) is 2.69. The Hall–Kier alpha value is -1.39. The molecule has 0 unspecified atom stereocenters. The van der Waals surface area contributed by atoms with E-state index in [-0.39, 0.29) is 5.92 Å². The van der Waals surface area contributed by atoms with Gasteiger partial charge >= 0.3 is 0 Å². The Kier molecular flexibility index (Phi) is 4.78. The monoisotopic (exact) mass is 311 g/mol. The van der Waals surface area contributed by atoms with Gasteiger partial charge in [-0.25, -0.2) is 15.0 Å². The molecule has 0 saturated heterocycles. The minimum absolute atomic E-state index is 0.187. The normalized spacial score (nSPS) is 10.9. The SMILES string of the molecule is COc1ccc(Cc2nc(Cl)c(C(C)C)c(Cl)n2)cn1. The first kappa shape index (κ1) is 15.0. The first-order valence-corrected chi connectivity index (χ1v) is 6.97. The van der Waals surface area contributed by atoms with Crippen LogP contribution in [0.25, 0.3) is 0 Å². The second-order valence-corrected chi connectivity index (χ2v) is 5.39. The molecule has 0 saturated carbocycles. The number of aromatic nitrogens is 3. The van der Waals surface area contributed by atoms with E-state index in [4.69, 9.17) is 27.9 Å². The maximum Gasteiger partial charge on any atom is 0.212 e. The summed E-state index contributed by atoms with van der Waals surface area (Å²) in [5.41, 5.74) is 1.75. The molecule has 0 aliphatic rings. The molecule has 2 rings (SSSR count). The van der Waals surface area contributed by atoms with E-state index in [9.17, 15) is 0 Å². The molecule has 0 N–H and O–H groups in total. The molecule has 4 nitrogen and oxygen atoms in total. The van der Waals surface area contributed by atoms with Crippen molar-refractivity contribution in [3.63, 3.8) is 0 Å². The Bertz CT molecular complexity index is 577. The van der Waals surface area contributed by atoms with Gasteiger partial charge in [0, 0.05) is 24.2 Å². The molecule has 2 aromatic heterocycles. The highest BCUT2D eigenvalue weighted by atomic mass is 35.5. The third-order valence-corrected chi connectivity index (χ3v) is 3.42. The van der Waals surface area contributed by atoms with Crippen LogP contribution in [-0.2, 0) is 6.42 Å². The zero-order chi connectivity index (χ0) is 14.7. The molecular weight excluding hydrogens is 297 g/mol. The van der Waals surface area contributed by atoms with Crippen LogP contribution in [0.4, 0.5) is 0 Å². The van der Waals surface area contributed by atoms with Crippen LogP contribution in [0.2, 0.25) is 10.3 Å². The topological polar surface area (TPSA) is 47.9 Å². The van der Waals surface area contributed by atoms with Gasteiger partial charge in [0.1, 0.15) is 16.1 Å². The van der Waals surface area contributed by atoms with Crippen molar-refractivity contribution in [3.05, 3.63) is 45.6 Å². The average Bonchev–Trinajstić information content (AvgIpc) is 2.38. The summed E-state index contributed by atoms with van der Waals surface area (Å²) in [5.74, 6) is 1.34. The lowest BCUT2D eigenvalue weighted by molar-refractivity contribution is 0.397. The van der Waals surface area contributed by atoms with Crippen LogP contribution in [0.3, 0.4) is 0 Å². The Labute approximate surface area is 128 Å². The fourth-order valence-electron chi connectivity index (χ4n) is 1.83. The molecular formula is C14H15Cl2N3O. The third-order valence-electron chi connectivity index (χ3n) is 2.85. The molecule has 0 aliphatic carbocycles. The Morgan fingerprint density at radius 2 is 1.80 bits per heavy atom. The van der Waals surface area contributed by atoms with Crippen LogP contribution in [-0.4, -0.2) is 22.1 Å². The summed E-state index contributed by atoms with van der Waals surface area (Å²) in [5, 5.41) is 0.827. The van der Waals surface area contributed by atoms with Gasteiger partial charge in [0.25, 0.3) is 0 Å². The number of methoxy groups -OCH3 is 1. The molecule has 2 aromatic rings. The van der Waals surface area contributed by atoms with E-state index >= 15 is 0 Å². The van der Waals surface area contributed by atoms with E-state index in [1.54, 1.807) is 19.4 Å².